The van der Waals surface area contributed by atoms with Crippen LogP contribution in [0.25, 0.3) is 11.3 Å². The molecule has 1 aliphatic heterocycles. The molecule has 2 amide bonds. The third kappa shape index (κ3) is 4.97. The molecule has 0 saturated heterocycles. The smallest absolute Gasteiger partial charge is 0.275 e. The number of amides is 2. The molecule has 0 fully saturated rings. The van der Waals surface area contributed by atoms with Gasteiger partial charge in [-0.3, -0.25) is 9.59 Å². The van der Waals surface area contributed by atoms with Crippen LogP contribution >= 0.6 is 0 Å². The maximum Gasteiger partial charge on any atom is 0.275 e. The Hall–Kier alpha value is -5.15. The molecule has 0 bridgehead atoms. The Morgan fingerprint density at radius 1 is 1.12 bits per heavy atom. The third-order valence-corrected chi connectivity index (χ3v) is 6.71. The lowest BCUT2D eigenvalue weighted by molar-refractivity contribution is -0.116. The van der Waals surface area contributed by atoms with Gasteiger partial charge in [0.15, 0.2) is 0 Å². The number of anilines is 2. The number of rotatable bonds is 5. The lowest BCUT2D eigenvalue weighted by atomic mass is 9.91. The van der Waals surface area contributed by atoms with Crippen molar-refractivity contribution in [2.75, 3.05) is 23.8 Å². The van der Waals surface area contributed by atoms with Gasteiger partial charge in [0, 0.05) is 48.6 Å². The van der Waals surface area contributed by atoms with E-state index in [0.717, 1.165) is 6.08 Å². The second-order valence-electron chi connectivity index (χ2n) is 9.08. The molecule has 1 unspecified atom stereocenters. The molecular weight excluding hydrogens is 518 g/mol. The highest BCUT2D eigenvalue weighted by molar-refractivity contribution is 6.13. The number of halogens is 2. The van der Waals surface area contributed by atoms with E-state index in [9.17, 15) is 14.4 Å². The van der Waals surface area contributed by atoms with Crippen molar-refractivity contribution in [2.45, 2.75) is 18.4 Å². The van der Waals surface area contributed by atoms with E-state index in [1.165, 1.54) is 36.5 Å². The van der Waals surface area contributed by atoms with E-state index in [4.69, 9.17) is 0 Å². The normalized spacial score (nSPS) is 19.1. The van der Waals surface area contributed by atoms with Crippen LogP contribution in [0.1, 0.15) is 12.0 Å². The van der Waals surface area contributed by atoms with Crippen LogP contribution in [0.15, 0.2) is 96.6 Å². The maximum atomic E-state index is 15.4. The minimum Gasteiger partial charge on any atom is -0.359 e. The van der Waals surface area contributed by atoms with Crippen LogP contribution in [0.2, 0.25) is 0 Å². The second-order valence-corrected chi connectivity index (χ2v) is 9.08. The lowest BCUT2D eigenvalue weighted by Crippen LogP contribution is -2.40. The first-order chi connectivity index (χ1) is 19.3. The lowest BCUT2D eigenvalue weighted by Gasteiger charge is -2.35. The number of nitrogens with one attached hydrogen (secondary N) is 2. The number of hydrogen-bond donors (Lipinski definition) is 2. The number of alkyl halides is 2. The summed E-state index contributed by atoms with van der Waals surface area (Å²) in [5.41, 5.74) is 0.947. The number of aromatic nitrogens is 3. The predicted octanol–water partition coefficient (Wildman–Crippen LogP) is 3.50. The number of carbonyl (C=O) groups excluding carboxylic acids is 3. The molecule has 2 aliphatic rings. The van der Waals surface area contributed by atoms with Crippen molar-refractivity contribution >= 4 is 40.4 Å². The Labute approximate surface area is 228 Å². The molecule has 1 aliphatic carbocycles. The Morgan fingerprint density at radius 3 is 2.58 bits per heavy atom. The van der Waals surface area contributed by atoms with Crippen molar-refractivity contribution in [3.8, 4) is 0 Å². The highest BCUT2D eigenvalue weighted by atomic mass is 19.3. The Kier molecular flexibility index (Phi) is 7.22. The number of allylic oxidation sites excluding steroid dienone is 1. The van der Waals surface area contributed by atoms with Crippen LogP contribution < -0.4 is 15.5 Å². The summed E-state index contributed by atoms with van der Waals surface area (Å²) < 4.78 is 32.2. The number of para-hydroxylation sites is 2. The van der Waals surface area contributed by atoms with Gasteiger partial charge in [0.2, 0.25) is 5.91 Å². The van der Waals surface area contributed by atoms with Crippen LogP contribution in [0.4, 0.5) is 20.2 Å². The molecule has 202 valence electrons. The van der Waals surface area contributed by atoms with E-state index >= 15 is 8.78 Å². The fourth-order valence-corrected chi connectivity index (χ4v) is 4.83. The van der Waals surface area contributed by atoms with Crippen molar-refractivity contribution in [3.05, 3.63) is 102 Å². The molecule has 11 heteroatoms. The zero-order valence-corrected chi connectivity index (χ0v) is 21.3. The molecule has 0 radical (unpaired) electrons. The Morgan fingerprint density at radius 2 is 1.88 bits per heavy atom. The summed E-state index contributed by atoms with van der Waals surface area (Å²) in [6.07, 6.45) is 6.02. The summed E-state index contributed by atoms with van der Waals surface area (Å²) in [6.45, 7) is -0.161. The molecule has 2 heterocycles. The molecule has 40 heavy (non-hydrogen) atoms. The van der Waals surface area contributed by atoms with E-state index in [1.54, 1.807) is 53.4 Å². The molecular formula is C29H24F2N6O3. The third-order valence-electron chi connectivity index (χ3n) is 6.71. The summed E-state index contributed by atoms with van der Waals surface area (Å²) in [5, 5.41) is 9.29. The number of hydrogen-bond acceptors (Lipinski definition) is 6. The number of fused-ring (bicyclic) bond motifs is 1. The summed E-state index contributed by atoms with van der Waals surface area (Å²) in [4.78, 5) is 43.6. The van der Waals surface area contributed by atoms with Crippen LogP contribution in [0, 0.1) is 0 Å². The van der Waals surface area contributed by atoms with Gasteiger partial charge in [-0.05, 0) is 24.3 Å². The van der Waals surface area contributed by atoms with Gasteiger partial charge in [-0.1, -0.05) is 42.5 Å². The Balaban J connectivity index is 1.61. The average Bonchev–Trinajstić information content (AvgIpc) is 3.47. The van der Waals surface area contributed by atoms with Gasteiger partial charge in [0.05, 0.1) is 22.9 Å². The minimum absolute atomic E-state index is 0.0167. The van der Waals surface area contributed by atoms with Gasteiger partial charge in [-0.2, -0.15) is 5.10 Å². The zero-order chi connectivity index (χ0) is 28.3. The van der Waals surface area contributed by atoms with E-state index in [-0.39, 0.29) is 29.0 Å². The largest absolute Gasteiger partial charge is 0.359 e. The SMILES string of the molecule is CNC(=O)C=C1c2ccccc2N(C2C=CC(C(=O)Nc3ccccc3)=C(n3cncn3)C2=C=O)CCC1(F)F. The van der Waals surface area contributed by atoms with Crippen molar-refractivity contribution in [1.29, 1.82) is 0 Å². The highest BCUT2D eigenvalue weighted by Crippen LogP contribution is 2.45. The fourth-order valence-electron chi connectivity index (χ4n) is 4.83. The fraction of sp³-hybridized carbons (Fsp3) is 0.172. The second kappa shape index (κ2) is 10.9. The van der Waals surface area contributed by atoms with E-state index in [0.29, 0.717) is 11.4 Å². The predicted molar refractivity (Wildman–Crippen MR) is 146 cm³/mol. The molecule has 1 aromatic heterocycles. The maximum absolute atomic E-state index is 15.4. The molecule has 2 N–H and O–H groups in total. The number of likely N-dealkylation sites (N-methyl/N-ethyl adjacent to an activating group) is 1. The van der Waals surface area contributed by atoms with Crippen molar-refractivity contribution in [2.24, 2.45) is 0 Å². The zero-order valence-electron chi connectivity index (χ0n) is 21.3. The van der Waals surface area contributed by atoms with E-state index in [1.807, 2.05) is 12.0 Å². The monoisotopic (exact) mass is 542 g/mol. The molecule has 9 nitrogen and oxygen atoms in total. The quantitative estimate of drug-likeness (QED) is 0.378. The van der Waals surface area contributed by atoms with Crippen molar-refractivity contribution in [3.63, 3.8) is 0 Å². The first kappa shape index (κ1) is 26.5. The van der Waals surface area contributed by atoms with Gasteiger partial charge in [-0.25, -0.2) is 23.2 Å². The molecule has 0 spiro atoms. The van der Waals surface area contributed by atoms with Gasteiger partial charge < -0.3 is 15.5 Å². The molecule has 1 atom stereocenters. The van der Waals surface area contributed by atoms with Gasteiger partial charge in [0.25, 0.3) is 11.8 Å². The molecule has 0 saturated carbocycles. The topological polar surface area (TPSA) is 109 Å². The molecule has 3 aromatic rings. The van der Waals surface area contributed by atoms with E-state index < -0.39 is 35.8 Å². The highest BCUT2D eigenvalue weighted by Gasteiger charge is 2.43. The first-order valence-corrected chi connectivity index (χ1v) is 12.4. The van der Waals surface area contributed by atoms with E-state index in [2.05, 4.69) is 20.7 Å². The molecule has 2 aromatic carbocycles. The average molecular weight is 543 g/mol. The van der Waals surface area contributed by atoms with Gasteiger partial charge in [-0.15, -0.1) is 0 Å². The minimum atomic E-state index is -3.33. The summed E-state index contributed by atoms with van der Waals surface area (Å²) in [5.74, 6) is -2.54. The number of nitrogens with zero attached hydrogens (tertiary/aromatic N) is 4. The molecule has 5 rings (SSSR count). The number of carbonyl (C=O) groups is 2. The van der Waals surface area contributed by atoms with Crippen molar-refractivity contribution in [1.82, 2.24) is 20.1 Å². The van der Waals surface area contributed by atoms with Gasteiger partial charge >= 0.3 is 0 Å². The summed E-state index contributed by atoms with van der Waals surface area (Å²) in [6, 6.07) is 14.4. The van der Waals surface area contributed by atoms with Crippen LogP contribution in [-0.4, -0.2) is 58.1 Å². The van der Waals surface area contributed by atoms with Crippen LogP contribution in [0.5, 0.6) is 0 Å². The van der Waals surface area contributed by atoms with Crippen LogP contribution in [-0.2, 0) is 14.4 Å². The van der Waals surface area contributed by atoms with Crippen molar-refractivity contribution < 1.29 is 23.2 Å². The Bertz CT molecular complexity index is 1590. The standard InChI is InChI=1S/C29H24F2N6O3/c1-32-26(39)15-23-20-9-5-6-10-24(20)36(14-13-29(23,30)31)25-12-11-21(28(40)35-19-7-3-2-4-8-19)27(22(25)16-38)37-18-33-17-34-37/h2-12,15,17-18,25H,13-14H2,1H3,(H,32,39)(H,35,40). The number of benzene rings is 2. The van der Waals surface area contributed by atoms with Crippen LogP contribution in [0.3, 0.4) is 0 Å². The summed E-state index contributed by atoms with van der Waals surface area (Å²) in [7, 11) is 1.37. The van der Waals surface area contributed by atoms with Gasteiger partial charge in [0.1, 0.15) is 18.6 Å². The summed E-state index contributed by atoms with van der Waals surface area (Å²) >= 11 is 0. The first-order valence-electron chi connectivity index (χ1n) is 12.4.